The number of hydrogen-bond acceptors (Lipinski definition) is 2. The van der Waals surface area contributed by atoms with Crippen molar-refractivity contribution in [3.63, 3.8) is 0 Å². The normalized spacial score (nSPS) is 18.4. The minimum Gasteiger partial charge on any atom is -0.378 e. The van der Waals surface area contributed by atoms with E-state index in [1.165, 1.54) is 114 Å². The summed E-state index contributed by atoms with van der Waals surface area (Å²) in [6.45, 7) is 3.31. The molecular weight excluding hydrogens is 300 g/mol. The summed E-state index contributed by atoms with van der Waals surface area (Å²) in [5.74, 6) is 2.79. The Balaban J connectivity index is 1.67. The Hall–Kier alpha value is 0.310. The van der Waals surface area contributed by atoms with Crippen molar-refractivity contribution in [2.45, 2.75) is 116 Å². The first-order valence-electron chi connectivity index (χ1n) is 10.6. The van der Waals surface area contributed by atoms with Crippen molar-refractivity contribution < 1.29 is 4.74 Å². The van der Waals surface area contributed by atoms with Gasteiger partial charge in [0, 0.05) is 6.61 Å². The average molecular weight is 343 g/mol. The standard InChI is InChI=1S/C21H42OS/c1-2-3-4-5-9-14-19-23-20-15-10-7-6-8-11-16-21-17-12-13-18-22-21/h21H,2-20H2,1H3. The molecule has 0 saturated carbocycles. The zero-order valence-electron chi connectivity index (χ0n) is 15.8. The minimum atomic E-state index is 0.599. The van der Waals surface area contributed by atoms with Crippen molar-refractivity contribution in [3.05, 3.63) is 0 Å². The zero-order chi connectivity index (χ0) is 16.4. The van der Waals surface area contributed by atoms with E-state index in [9.17, 15) is 0 Å². The molecule has 1 nitrogen and oxygen atoms in total. The molecule has 0 aromatic heterocycles. The fourth-order valence-corrected chi connectivity index (χ4v) is 4.43. The van der Waals surface area contributed by atoms with Gasteiger partial charge in [-0.3, -0.25) is 0 Å². The van der Waals surface area contributed by atoms with Gasteiger partial charge in [0.25, 0.3) is 0 Å². The summed E-state index contributed by atoms with van der Waals surface area (Å²) in [7, 11) is 0. The summed E-state index contributed by atoms with van der Waals surface area (Å²) < 4.78 is 5.79. The van der Waals surface area contributed by atoms with Gasteiger partial charge < -0.3 is 4.74 Å². The number of hydrogen-bond donors (Lipinski definition) is 0. The molecule has 1 unspecified atom stereocenters. The fourth-order valence-electron chi connectivity index (χ4n) is 3.40. The molecule has 1 rings (SSSR count). The molecule has 23 heavy (non-hydrogen) atoms. The largest absolute Gasteiger partial charge is 0.378 e. The molecule has 0 spiro atoms. The maximum absolute atomic E-state index is 5.79. The molecule has 1 fully saturated rings. The third-order valence-corrected chi connectivity index (χ3v) is 6.14. The van der Waals surface area contributed by atoms with Crippen LogP contribution in [-0.4, -0.2) is 24.2 Å². The van der Waals surface area contributed by atoms with Crippen LogP contribution in [0.15, 0.2) is 0 Å². The number of rotatable bonds is 16. The SMILES string of the molecule is CCCCCCCCSCCCCCCCCC1CCCCO1. The van der Waals surface area contributed by atoms with Gasteiger partial charge in [0.05, 0.1) is 6.10 Å². The van der Waals surface area contributed by atoms with Gasteiger partial charge >= 0.3 is 0 Å². The van der Waals surface area contributed by atoms with Crippen molar-refractivity contribution in [2.24, 2.45) is 0 Å². The molecule has 0 N–H and O–H groups in total. The van der Waals surface area contributed by atoms with Crippen molar-refractivity contribution in [2.75, 3.05) is 18.1 Å². The molecule has 1 aliphatic rings. The zero-order valence-corrected chi connectivity index (χ0v) is 16.6. The van der Waals surface area contributed by atoms with E-state index in [2.05, 4.69) is 18.7 Å². The smallest absolute Gasteiger partial charge is 0.0575 e. The maximum Gasteiger partial charge on any atom is 0.0575 e. The van der Waals surface area contributed by atoms with Crippen LogP contribution < -0.4 is 0 Å². The molecule has 0 radical (unpaired) electrons. The highest BCUT2D eigenvalue weighted by Crippen LogP contribution is 2.19. The lowest BCUT2D eigenvalue weighted by Gasteiger charge is -2.22. The Morgan fingerprint density at radius 2 is 1.35 bits per heavy atom. The summed E-state index contributed by atoms with van der Waals surface area (Å²) in [6, 6.07) is 0. The van der Waals surface area contributed by atoms with Gasteiger partial charge in [-0.05, 0) is 50.0 Å². The molecule has 1 saturated heterocycles. The number of ether oxygens (including phenoxy) is 1. The highest BCUT2D eigenvalue weighted by Gasteiger charge is 2.12. The summed E-state index contributed by atoms with van der Waals surface area (Å²) >= 11 is 2.19. The first-order valence-corrected chi connectivity index (χ1v) is 11.8. The van der Waals surface area contributed by atoms with Crippen molar-refractivity contribution >= 4 is 11.8 Å². The van der Waals surface area contributed by atoms with Gasteiger partial charge in [-0.2, -0.15) is 11.8 Å². The summed E-state index contributed by atoms with van der Waals surface area (Å²) in [5.41, 5.74) is 0. The van der Waals surface area contributed by atoms with Crippen LogP contribution in [0, 0.1) is 0 Å². The first kappa shape index (κ1) is 21.4. The van der Waals surface area contributed by atoms with E-state index in [0.29, 0.717) is 6.10 Å². The highest BCUT2D eigenvalue weighted by atomic mass is 32.2. The Morgan fingerprint density at radius 1 is 0.739 bits per heavy atom. The lowest BCUT2D eigenvalue weighted by Crippen LogP contribution is -2.18. The molecule has 1 heterocycles. The van der Waals surface area contributed by atoms with Crippen LogP contribution in [0.2, 0.25) is 0 Å². The van der Waals surface area contributed by atoms with E-state index in [-0.39, 0.29) is 0 Å². The summed E-state index contributed by atoms with van der Waals surface area (Å²) in [4.78, 5) is 0. The molecule has 1 atom stereocenters. The van der Waals surface area contributed by atoms with Gasteiger partial charge in [0.1, 0.15) is 0 Å². The molecule has 0 aromatic carbocycles. The lowest BCUT2D eigenvalue weighted by molar-refractivity contribution is 0.00977. The van der Waals surface area contributed by atoms with Crippen LogP contribution in [0.25, 0.3) is 0 Å². The minimum absolute atomic E-state index is 0.599. The van der Waals surface area contributed by atoms with E-state index in [4.69, 9.17) is 4.74 Å². The van der Waals surface area contributed by atoms with Gasteiger partial charge in [-0.25, -0.2) is 0 Å². The van der Waals surface area contributed by atoms with E-state index in [1.54, 1.807) is 0 Å². The van der Waals surface area contributed by atoms with Crippen LogP contribution in [0.4, 0.5) is 0 Å². The third-order valence-electron chi connectivity index (χ3n) is 4.98. The van der Waals surface area contributed by atoms with Gasteiger partial charge in [-0.15, -0.1) is 0 Å². The van der Waals surface area contributed by atoms with E-state index >= 15 is 0 Å². The Kier molecular flexibility index (Phi) is 15.9. The van der Waals surface area contributed by atoms with Crippen LogP contribution >= 0.6 is 11.8 Å². The number of unbranched alkanes of at least 4 members (excludes halogenated alkanes) is 10. The third kappa shape index (κ3) is 14.4. The van der Waals surface area contributed by atoms with Crippen LogP contribution in [-0.2, 0) is 4.74 Å². The predicted molar refractivity (Wildman–Crippen MR) is 107 cm³/mol. The molecule has 0 aliphatic carbocycles. The molecule has 0 aromatic rings. The second-order valence-electron chi connectivity index (χ2n) is 7.28. The van der Waals surface area contributed by atoms with Crippen molar-refractivity contribution in [1.82, 2.24) is 0 Å². The second kappa shape index (κ2) is 17.1. The van der Waals surface area contributed by atoms with Crippen LogP contribution in [0.5, 0.6) is 0 Å². The monoisotopic (exact) mass is 342 g/mol. The Bertz CT molecular complexity index is 226. The van der Waals surface area contributed by atoms with E-state index in [1.807, 2.05) is 0 Å². The molecule has 0 bridgehead atoms. The van der Waals surface area contributed by atoms with Crippen molar-refractivity contribution in [3.8, 4) is 0 Å². The van der Waals surface area contributed by atoms with E-state index in [0.717, 1.165) is 6.61 Å². The molecule has 138 valence electrons. The Morgan fingerprint density at radius 3 is 1.96 bits per heavy atom. The van der Waals surface area contributed by atoms with Crippen molar-refractivity contribution in [1.29, 1.82) is 0 Å². The van der Waals surface area contributed by atoms with Crippen LogP contribution in [0.1, 0.15) is 110 Å². The second-order valence-corrected chi connectivity index (χ2v) is 8.50. The predicted octanol–water partition coefficient (Wildman–Crippen LogP) is 7.38. The topological polar surface area (TPSA) is 9.23 Å². The molecular formula is C21H42OS. The van der Waals surface area contributed by atoms with Gasteiger partial charge in [0.15, 0.2) is 0 Å². The number of thioether (sulfide) groups is 1. The van der Waals surface area contributed by atoms with Crippen LogP contribution in [0.3, 0.4) is 0 Å². The average Bonchev–Trinajstić information content (AvgIpc) is 2.59. The lowest BCUT2D eigenvalue weighted by atomic mass is 10.0. The fraction of sp³-hybridized carbons (Fsp3) is 1.00. The molecule has 1 aliphatic heterocycles. The quantitative estimate of drug-likeness (QED) is 0.271. The maximum atomic E-state index is 5.79. The Labute approximate surface area is 150 Å². The van der Waals surface area contributed by atoms with Gasteiger partial charge in [0.2, 0.25) is 0 Å². The highest BCUT2D eigenvalue weighted by molar-refractivity contribution is 7.99. The van der Waals surface area contributed by atoms with Gasteiger partial charge in [-0.1, -0.05) is 71.1 Å². The summed E-state index contributed by atoms with van der Waals surface area (Å²) in [6.07, 6.45) is 23.1. The first-order chi connectivity index (χ1) is 11.4. The summed E-state index contributed by atoms with van der Waals surface area (Å²) in [5, 5.41) is 0. The molecule has 2 heteroatoms. The molecule has 0 amide bonds. The van der Waals surface area contributed by atoms with E-state index < -0.39 is 0 Å².